The van der Waals surface area contributed by atoms with E-state index in [-0.39, 0.29) is 16.7 Å². The number of rotatable bonds is 6. The molecule has 0 bridgehead atoms. The van der Waals surface area contributed by atoms with Crippen LogP contribution in [0.25, 0.3) is 22.4 Å². The Kier molecular flexibility index (Phi) is 5.23. The number of nitrogens with zero attached hydrogens (tertiary/aromatic N) is 3. The van der Waals surface area contributed by atoms with Crippen LogP contribution in [0.1, 0.15) is 5.89 Å². The third kappa shape index (κ3) is 4.53. The minimum atomic E-state index is -4.00. The molecule has 9 heteroatoms. The molecule has 5 rings (SSSR count). The van der Waals surface area contributed by atoms with Crippen molar-refractivity contribution in [3.63, 3.8) is 0 Å². The number of aryl methyl sites for hydroxylation is 1. The van der Waals surface area contributed by atoms with Crippen molar-refractivity contribution in [2.75, 3.05) is 4.72 Å². The Morgan fingerprint density at radius 1 is 0.848 bits per heavy atom. The lowest BCUT2D eigenvalue weighted by atomic mass is 10.1. The second-order valence-corrected chi connectivity index (χ2v) is 8.85. The maximum absolute atomic E-state index is 13.1. The first-order valence-corrected chi connectivity index (χ1v) is 11.5. The summed E-state index contributed by atoms with van der Waals surface area (Å²) in [7, 11) is -4.00. The molecule has 33 heavy (non-hydrogen) atoms. The fourth-order valence-electron chi connectivity index (χ4n) is 3.26. The number of sulfonamides is 1. The predicted octanol–water partition coefficient (Wildman–Crippen LogP) is 5.19. The number of para-hydroxylation sites is 1. The van der Waals surface area contributed by atoms with Gasteiger partial charge in [-0.25, -0.2) is 23.1 Å². The summed E-state index contributed by atoms with van der Waals surface area (Å²) < 4.78 is 39.9. The molecule has 0 fully saturated rings. The fraction of sp³-hybridized carbons (Fsp3) is 0.0417. The molecule has 5 aromatic rings. The summed E-state index contributed by atoms with van der Waals surface area (Å²) >= 11 is 0. The van der Waals surface area contributed by atoms with Crippen molar-refractivity contribution in [2.45, 2.75) is 11.8 Å². The molecule has 0 saturated heterocycles. The molecule has 3 aromatic carbocycles. The highest BCUT2D eigenvalue weighted by Crippen LogP contribution is 2.27. The molecule has 2 heterocycles. The van der Waals surface area contributed by atoms with Gasteiger partial charge in [0.15, 0.2) is 11.5 Å². The Bertz CT molecular complexity index is 1540. The van der Waals surface area contributed by atoms with Crippen LogP contribution in [-0.2, 0) is 10.0 Å². The summed E-state index contributed by atoms with van der Waals surface area (Å²) in [5.41, 5.74) is 2.25. The zero-order chi connectivity index (χ0) is 22.8. The van der Waals surface area contributed by atoms with Gasteiger partial charge in [0.05, 0.1) is 10.6 Å². The highest BCUT2D eigenvalue weighted by molar-refractivity contribution is 7.92. The van der Waals surface area contributed by atoms with Crippen molar-refractivity contribution in [3.8, 4) is 22.9 Å². The molecule has 0 amide bonds. The van der Waals surface area contributed by atoms with E-state index in [2.05, 4.69) is 19.7 Å². The maximum atomic E-state index is 13.1. The number of anilines is 1. The molecule has 8 nitrogen and oxygen atoms in total. The molecule has 0 aliphatic heterocycles. The zero-order valence-electron chi connectivity index (χ0n) is 17.5. The van der Waals surface area contributed by atoms with Crippen LogP contribution in [0.5, 0.6) is 11.6 Å². The lowest BCUT2D eigenvalue weighted by Crippen LogP contribution is -2.15. The molecule has 0 aliphatic carbocycles. The molecular weight excluding hydrogens is 440 g/mol. The first kappa shape index (κ1) is 20.7. The Morgan fingerprint density at radius 2 is 1.58 bits per heavy atom. The van der Waals surface area contributed by atoms with E-state index >= 15 is 0 Å². The van der Waals surface area contributed by atoms with E-state index in [1.165, 1.54) is 12.1 Å². The normalized spacial score (nSPS) is 11.4. The molecule has 0 unspecified atom stereocenters. The van der Waals surface area contributed by atoms with Crippen LogP contribution in [0, 0.1) is 6.92 Å². The molecular formula is C24H18N4O4S. The summed E-state index contributed by atoms with van der Waals surface area (Å²) in [4.78, 5) is 12.9. The van der Waals surface area contributed by atoms with Gasteiger partial charge in [-0.3, -0.25) is 0 Å². The summed E-state index contributed by atoms with van der Waals surface area (Å²) in [5, 5.41) is 0. The van der Waals surface area contributed by atoms with E-state index in [0.717, 1.165) is 5.56 Å². The van der Waals surface area contributed by atoms with Crippen molar-refractivity contribution in [3.05, 3.63) is 90.8 Å². The van der Waals surface area contributed by atoms with Gasteiger partial charge in [-0.1, -0.05) is 48.5 Å². The van der Waals surface area contributed by atoms with Gasteiger partial charge in [0, 0.05) is 24.6 Å². The number of fused-ring (bicyclic) bond motifs is 1. The smallest absolute Gasteiger partial charge is 0.264 e. The van der Waals surface area contributed by atoms with E-state index in [0.29, 0.717) is 28.4 Å². The van der Waals surface area contributed by atoms with Crippen LogP contribution in [-0.4, -0.2) is 23.4 Å². The number of hydrogen-bond acceptors (Lipinski definition) is 7. The minimum absolute atomic E-state index is 0.00499. The lowest BCUT2D eigenvalue weighted by molar-refractivity contribution is 0.463. The van der Waals surface area contributed by atoms with Crippen LogP contribution < -0.4 is 9.46 Å². The van der Waals surface area contributed by atoms with Crippen LogP contribution in [0.4, 0.5) is 5.95 Å². The highest BCUT2D eigenvalue weighted by atomic mass is 32.2. The van der Waals surface area contributed by atoms with Gasteiger partial charge >= 0.3 is 0 Å². The van der Waals surface area contributed by atoms with E-state index in [4.69, 9.17) is 9.15 Å². The summed E-state index contributed by atoms with van der Waals surface area (Å²) in [6, 6.07) is 24.6. The van der Waals surface area contributed by atoms with Crippen molar-refractivity contribution in [2.24, 2.45) is 0 Å². The largest absolute Gasteiger partial charge is 0.441 e. The number of benzene rings is 3. The molecule has 164 valence electrons. The maximum Gasteiger partial charge on any atom is 0.264 e. The van der Waals surface area contributed by atoms with Gasteiger partial charge in [-0.05, 0) is 24.3 Å². The van der Waals surface area contributed by atoms with Gasteiger partial charge in [-0.2, -0.15) is 4.98 Å². The first-order chi connectivity index (χ1) is 16.0. The number of nitrogens with one attached hydrogen (secondary N) is 1. The van der Waals surface area contributed by atoms with Crippen LogP contribution >= 0.6 is 0 Å². The molecule has 0 spiro atoms. The van der Waals surface area contributed by atoms with E-state index in [1.54, 1.807) is 31.2 Å². The molecule has 0 saturated carbocycles. The summed E-state index contributed by atoms with van der Waals surface area (Å²) in [5.74, 6) is 1.11. The van der Waals surface area contributed by atoms with Crippen molar-refractivity contribution < 1.29 is 17.6 Å². The minimum Gasteiger partial charge on any atom is -0.441 e. The van der Waals surface area contributed by atoms with Crippen molar-refractivity contribution in [1.82, 2.24) is 15.0 Å². The van der Waals surface area contributed by atoms with Crippen LogP contribution in [0.15, 0.2) is 94.2 Å². The molecule has 1 N–H and O–H groups in total. The second kappa shape index (κ2) is 8.36. The molecule has 2 aromatic heterocycles. The van der Waals surface area contributed by atoms with Crippen molar-refractivity contribution in [1.29, 1.82) is 0 Å². The number of aromatic nitrogens is 3. The van der Waals surface area contributed by atoms with Gasteiger partial charge in [0.2, 0.25) is 11.8 Å². The Balaban J connectivity index is 1.53. The number of oxazole rings is 1. The van der Waals surface area contributed by atoms with Gasteiger partial charge in [0.1, 0.15) is 11.3 Å². The van der Waals surface area contributed by atoms with Crippen LogP contribution in [0.3, 0.4) is 0 Å². The average Bonchev–Trinajstić information content (AvgIpc) is 3.19. The third-order valence-electron chi connectivity index (χ3n) is 4.74. The monoisotopic (exact) mass is 458 g/mol. The quantitative estimate of drug-likeness (QED) is 0.373. The Labute approximate surface area is 190 Å². The van der Waals surface area contributed by atoms with Crippen molar-refractivity contribution >= 4 is 27.1 Å². The van der Waals surface area contributed by atoms with Crippen LogP contribution in [0.2, 0.25) is 0 Å². The van der Waals surface area contributed by atoms with Gasteiger partial charge in [0.25, 0.3) is 10.0 Å². The number of ether oxygens (including phenoxy) is 1. The topological polar surface area (TPSA) is 107 Å². The van der Waals surface area contributed by atoms with Gasteiger partial charge in [-0.15, -0.1) is 0 Å². The zero-order valence-corrected chi connectivity index (χ0v) is 18.3. The van der Waals surface area contributed by atoms with E-state index in [1.807, 2.05) is 48.5 Å². The molecule has 0 radical (unpaired) electrons. The van der Waals surface area contributed by atoms with Gasteiger partial charge < -0.3 is 9.15 Å². The second-order valence-electron chi connectivity index (χ2n) is 7.16. The average molecular weight is 458 g/mol. The lowest BCUT2D eigenvalue weighted by Gasteiger charge is -2.11. The predicted molar refractivity (Wildman–Crippen MR) is 124 cm³/mol. The summed E-state index contributed by atoms with van der Waals surface area (Å²) in [6.45, 7) is 1.70. The molecule has 0 atom stereocenters. The standard InChI is InChI=1S/C24H18N4O4S/c1-16-25-20-13-12-19(14-22(20)31-16)33(29,30)28-24-26-21(17-8-4-2-5-9-17)15-23(27-24)32-18-10-6-3-7-11-18/h2-15H,1H3,(H,26,27,28). The highest BCUT2D eigenvalue weighted by Gasteiger charge is 2.19. The third-order valence-corrected chi connectivity index (χ3v) is 6.07. The summed E-state index contributed by atoms with van der Waals surface area (Å²) in [6.07, 6.45) is 0. The fourth-order valence-corrected chi connectivity index (χ4v) is 4.21. The Morgan fingerprint density at radius 3 is 2.33 bits per heavy atom. The van der Waals surface area contributed by atoms with E-state index in [9.17, 15) is 8.42 Å². The Hall–Kier alpha value is -4.24. The molecule has 0 aliphatic rings. The first-order valence-electron chi connectivity index (χ1n) is 10.0. The SMILES string of the molecule is Cc1nc2ccc(S(=O)(=O)Nc3nc(Oc4ccccc4)cc(-c4ccccc4)n3)cc2o1. The van der Waals surface area contributed by atoms with E-state index < -0.39 is 10.0 Å². The number of hydrogen-bond donors (Lipinski definition) is 1.